The van der Waals surface area contributed by atoms with Crippen molar-refractivity contribution in [2.45, 2.75) is 25.4 Å². The molecule has 0 radical (unpaired) electrons. The summed E-state index contributed by atoms with van der Waals surface area (Å²) in [5.41, 5.74) is 2.51. The molecule has 0 bridgehead atoms. The van der Waals surface area contributed by atoms with E-state index in [9.17, 15) is 14.3 Å². The first-order valence-corrected chi connectivity index (χ1v) is 10.6. The summed E-state index contributed by atoms with van der Waals surface area (Å²) in [7, 11) is 0. The van der Waals surface area contributed by atoms with E-state index < -0.39 is 11.2 Å². The van der Waals surface area contributed by atoms with Gasteiger partial charge in [-0.2, -0.15) is 5.10 Å². The number of imidazole rings is 1. The topological polar surface area (TPSA) is 72.9 Å². The smallest absolute Gasteiger partial charge is 0.242 e. The van der Waals surface area contributed by atoms with Crippen molar-refractivity contribution in [1.29, 1.82) is 0 Å². The summed E-state index contributed by atoms with van der Waals surface area (Å²) in [4.78, 5) is 16.5. The second-order valence-electron chi connectivity index (χ2n) is 7.68. The summed E-state index contributed by atoms with van der Waals surface area (Å²) < 4.78 is 18.7. The van der Waals surface area contributed by atoms with Crippen LogP contribution in [0.15, 0.2) is 70.3 Å². The third-order valence-corrected chi connectivity index (χ3v) is 6.38. The number of aromatic hydroxyl groups is 1. The predicted molar refractivity (Wildman–Crippen MR) is 118 cm³/mol. The number of nitrogens with zero attached hydrogens (tertiary/aromatic N) is 4. The van der Waals surface area contributed by atoms with Gasteiger partial charge in [0.1, 0.15) is 11.5 Å². The largest absolute Gasteiger partial charge is 0.503 e. The summed E-state index contributed by atoms with van der Waals surface area (Å²) in [5.74, 6) is -0.566. The van der Waals surface area contributed by atoms with Crippen LogP contribution in [0.1, 0.15) is 28.7 Å². The fourth-order valence-electron chi connectivity index (χ4n) is 4.31. The Morgan fingerprint density at radius 3 is 2.87 bits per heavy atom. The van der Waals surface area contributed by atoms with E-state index in [1.807, 2.05) is 35.8 Å². The number of hydrogen-bond acceptors (Lipinski definition) is 4. The normalized spacial score (nSPS) is 15.9. The molecule has 1 N–H and O–H groups in total. The third-order valence-electron chi connectivity index (χ3n) is 5.69. The number of aryl methyl sites for hydroxylation is 1. The number of rotatable bonds is 3. The molecule has 8 heteroatoms. The molecule has 0 unspecified atom stereocenters. The van der Waals surface area contributed by atoms with Crippen molar-refractivity contribution in [3.63, 3.8) is 0 Å². The van der Waals surface area contributed by atoms with Crippen molar-refractivity contribution in [3.05, 3.63) is 98.3 Å². The van der Waals surface area contributed by atoms with Crippen LogP contribution in [-0.4, -0.2) is 24.4 Å². The molecule has 2 aromatic carbocycles. The maximum Gasteiger partial charge on any atom is 0.242 e. The number of hydrogen-bond donors (Lipinski definition) is 1. The molecule has 2 atom stereocenters. The molecule has 6 nitrogen and oxygen atoms in total. The lowest BCUT2D eigenvalue weighted by atomic mass is 9.83. The lowest BCUT2D eigenvalue weighted by Gasteiger charge is -2.35. The number of benzene rings is 2. The Hall–Kier alpha value is -3.26. The average molecular weight is 481 g/mol. The molecule has 0 amide bonds. The fraction of sp³-hybridized carbons (Fsp3) is 0.174. The molecule has 1 aliphatic rings. The van der Waals surface area contributed by atoms with Crippen LogP contribution in [0, 0.1) is 12.7 Å². The summed E-state index contributed by atoms with van der Waals surface area (Å²) in [6.45, 7) is 2.49. The Morgan fingerprint density at radius 2 is 2.10 bits per heavy atom. The summed E-state index contributed by atoms with van der Waals surface area (Å²) >= 11 is 3.68. The summed E-state index contributed by atoms with van der Waals surface area (Å²) in [6, 6.07) is 12.2. The van der Waals surface area contributed by atoms with Crippen LogP contribution in [0.25, 0.3) is 11.5 Å². The molecule has 156 valence electrons. The van der Waals surface area contributed by atoms with Crippen LogP contribution in [0.2, 0.25) is 0 Å². The molecule has 0 spiro atoms. The van der Waals surface area contributed by atoms with Crippen LogP contribution in [0.5, 0.6) is 5.75 Å². The molecule has 0 fully saturated rings. The lowest BCUT2D eigenvalue weighted by molar-refractivity contribution is 0.330. The van der Waals surface area contributed by atoms with Gasteiger partial charge in [-0.25, -0.2) is 9.37 Å². The molecular weight excluding hydrogens is 463 g/mol. The van der Waals surface area contributed by atoms with Gasteiger partial charge in [0.25, 0.3) is 0 Å². The van der Waals surface area contributed by atoms with Gasteiger partial charge in [0.05, 0.1) is 12.2 Å². The zero-order valence-corrected chi connectivity index (χ0v) is 18.1. The van der Waals surface area contributed by atoms with Gasteiger partial charge in [-0.3, -0.25) is 9.48 Å². The van der Waals surface area contributed by atoms with Crippen molar-refractivity contribution in [2.75, 3.05) is 0 Å². The van der Waals surface area contributed by atoms with Gasteiger partial charge in [0.15, 0.2) is 11.6 Å². The van der Waals surface area contributed by atoms with Gasteiger partial charge in [-0.1, -0.05) is 40.2 Å². The van der Waals surface area contributed by atoms with Gasteiger partial charge in [0, 0.05) is 29.3 Å². The van der Waals surface area contributed by atoms with Gasteiger partial charge >= 0.3 is 0 Å². The van der Waals surface area contributed by atoms with E-state index in [0.29, 0.717) is 12.4 Å². The number of halogens is 2. The van der Waals surface area contributed by atoms with E-state index in [1.54, 1.807) is 23.1 Å². The molecule has 0 aliphatic carbocycles. The maximum atomic E-state index is 14.2. The van der Waals surface area contributed by atoms with Crippen LogP contribution in [0.3, 0.4) is 0 Å². The van der Waals surface area contributed by atoms with E-state index in [2.05, 4.69) is 26.0 Å². The SMILES string of the molecule is Cc1ccc([C@@H](c2cccc(F)c2)[C@H]2Cn3ccnc3-c3c(O)c(=O)cnn32)c(Br)c1. The number of fused-ring (bicyclic) bond motifs is 3. The molecule has 3 heterocycles. The third kappa shape index (κ3) is 3.27. The van der Waals surface area contributed by atoms with Crippen LogP contribution in [-0.2, 0) is 6.54 Å². The Morgan fingerprint density at radius 1 is 1.26 bits per heavy atom. The van der Waals surface area contributed by atoms with Crippen LogP contribution < -0.4 is 5.43 Å². The van der Waals surface area contributed by atoms with Crippen molar-refractivity contribution in [1.82, 2.24) is 19.3 Å². The highest BCUT2D eigenvalue weighted by atomic mass is 79.9. The average Bonchev–Trinajstić information content (AvgIpc) is 3.20. The van der Waals surface area contributed by atoms with Gasteiger partial charge in [-0.15, -0.1) is 0 Å². The zero-order chi connectivity index (χ0) is 21.7. The fourth-order valence-corrected chi connectivity index (χ4v) is 5.05. The Balaban J connectivity index is 1.78. The van der Waals surface area contributed by atoms with Crippen LogP contribution >= 0.6 is 15.9 Å². The molecule has 31 heavy (non-hydrogen) atoms. The molecule has 0 saturated heterocycles. The van der Waals surface area contributed by atoms with Gasteiger partial charge in [-0.05, 0) is 41.8 Å². The summed E-state index contributed by atoms with van der Waals surface area (Å²) in [5, 5.41) is 15.0. The highest BCUT2D eigenvalue weighted by molar-refractivity contribution is 9.10. The minimum atomic E-state index is -0.569. The van der Waals surface area contributed by atoms with E-state index in [1.165, 1.54) is 12.1 Å². The Kier molecular flexibility index (Phi) is 4.74. The molecule has 5 rings (SSSR count). The van der Waals surface area contributed by atoms with Crippen LogP contribution in [0.4, 0.5) is 4.39 Å². The first-order valence-electron chi connectivity index (χ1n) is 9.78. The van der Waals surface area contributed by atoms with Gasteiger partial charge < -0.3 is 9.67 Å². The first kappa shape index (κ1) is 19.7. The van der Waals surface area contributed by atoms with E-state index >= 15 is 0 Å². The second kappa shape index (κ2) is 7.46. The Bertz CT molecular complexity index is 1360. The monoisotopic (exact) mass is 480 g/mol. The van der Waals surface area contributed by atoms with Crippen molar-refractivity contribution >= 4 is 15.9 Å². The second-order valence-corrected chi connectivity index (χ2v) is 8.53. The molecule has 4 aromatic rings. The zero-order valence-electron chi connectivity index (χ0n) is 16.5. The quantitative estimate of drug-likeness (QED) is 0.471. The molecule has 0 saturated carbocycles. The van der Waals surface area contributed by atoms with Crippen molar-refractivity contribution < 1.29 is 9.50 Å². The first-order chi connectivity index (χ1) is 14.9. The lowest BCUT2D eigenvalue weighted by Crippen LogP contribution is -2.32. The highest BCUT2D eigenvalue weighted by Gasteiger charge is 2.36. The van der Waals surface area contributed by atoms with E-state index in [4.69, 9.17) is 0 Å². The molecule has 2 aromatic heterocycles. The summed E-state index contributed by atoms with van der Waals surface area (Å²) in [6.07, 6.45) is 4.53. The Labute approximate surface area is 185 Å². The number of aromatic nitrogens is 4. The van der Waals surface area contributed by atoms with E-state index in [-0.39, 0.29) is 23.5 Å². The minimum absolute atomic E-state index is 0.262. The highest BCUT2D eigenvalue weighted by Crippen LogP contribution is 2.44. The van der Waals surface area contributed by atoms with Crippen molar-refractivity contribution in [2.24, 2.45) is 0 Å². The standard InChI is InChI=1S/C23H18BrFN4O2/c1-13-5-6-16(17(24)9-13)20(14-3-2-4-15(25)10-14)18-12-28-8-7-26-23(28)21-22(31)19(30)11-27-29(18)21/h2-11,18,20,31H,12H2,1H3/t18-,20-/m1/s1. The minimum Gasteiger partial charge on any atom is -0.503 e. The van der Waals surface area contributed by atoms with E-state index in [0.717, 1.165) is 27.4 Å². The van der Waals surface area contributed by atoms with Gasteiger partial charge in [0.2, 0.25) is 5.43 Å². The maximum absolute atomic E-state index is 14.2. The van der Waals surface area contributed by atoms with Crippen molar-refractivity contribution in [3.8, 4) is 17.3 Å². The molecule has 1 aliphatic heterocycles. The predicted octanol–water partition coefficient (Wildman–Crippen LogP) is 4.41. The molecular formula is C23H18BrFN4O2.